The van der Waals surface area contributed by atoms with Crippen LogP contribution in [0.3, 0.4) is 0 Å². The molecular formula is C13H17N3O2S. The fourth-order valence-corrected chi connectivity index (χ4v) is 1.61. The number of hydrogen-bond acceptors (Lipinski definition) is 3. The summed E-state index contributed by atoms with van der Waals surface area (Å²) in [5.41, 5.74) is 7.09. The van der Waals surface area contributed by atoms with Gasteiger partial charge in [0.25, 0.3) is 0 Å². The van der Waals surface area contributed by atoms with Gasteiger partial charge in [-0.2, -0.15) is 0 Å². The number of nitrogens with two attached hydrogens (primary N) is 1. The molecule has 2 amide bonds. The molecule has 0 aliphatic heterocycles. The molecule has 0 spiro atoms. The Balaban J connectivity index is 2.44. The Morgan fingerprint density at radius 2 is 1.79 bits per heavy atom. The average Bonchev–Trinajstić information content (AvgIpc) is 2.37. The number of hydrogen-bond donors (Lipinski definition) is 3. The first-order valence-electron chi connectivity index (χ1n) is 5.95. The molecule has 5 nitrogen and oxygen atoms in total. The van der Waals surface area contributed by atoms with E-state index in [0.29, 0.717) is 11.5 Å². The second-order valence-corrected chi connectivity index (χ2v) is 4.41. The van der Waals surface area contributed by atoms with Crippen LogP contribution >= 0.6 is 12.2 Å². The number of thiocarbonyl (C=S) groups is 1. The highest BCUT2D eigenvalue weighted by Gasteiger charge is 2.06. The molecule has 4 N–H and O–H groups in total. The molecular weight excluding hydrogens is 262 g/mol. The molecule has 0 radical (unpaired) electrons. The summed E-state index contributed by atoms with van der Waals surface area (Å²) in [7, 11) is 0. The molecule has 0 atom stereocenters. The highest BCUT2D eigenvalue weighted by molar-refractivity contribution is 7.80. The summed E-state index contributed by atoms with van der Waals surface area (Å²) in [4.78, 5) is 23.1. The normalized spacial score (nSPS) is 9.74. The summed E-state index contributed by atoms with van der Waals surface area (Å²) in [5.74, 6) is -0.394. The van der Waals surface area contributed by atoms with Gasteiger partial charge in [-0.3, -0.25) is 9.59 Å². The van der Waals surface area contributed by atoms with Gasteiger partial charge in [0.1, 0.15) is 4.99 Å². The fourth-order valence-electron chi connectivity index (χ4n) is 1.47. The van der Waals surface area contributed by atoms with Gasteiger partial charge in [-0.1, -0.05) is 36.5 Å². The van der Waals surface area contributed by atoms with Crippen LogP contribution in [-0.2, 0) is 16.0 Å². The molecule has 0 heterocycles. The Bertz CT molecular complexity index is 471. The lowest BCUT2D eigenvalue weighted by atomic mass is 10.1. The quantitative estimate of drug-likeness (QED) is 0.646. The second-order valence-electron chi connectivity index (χ2n) is 3.97. The van der Waals surface area contributed by atoms with Gasteiger partial charge in [-0.15, -0.1) is 0 Å². The SMILES string of the molecule is CCNC(=O)CNC(=O)Cc1ccc(C(N)=S)cc1. The average molecular weight is 279 g/mol. The first-order valence-corrected chi connectivity index (χ1v) is 6.36. The van der Waals surface area contributed by atoms with E-state index in [4.69, 9.17) is 18.0 Å². The van der Waals surface area contributed by atoms with Crippen LogP contribution in [0.2, 0.25) is 0 Å². The molecule has 0 saturated heterocycles. The number of carbonyl (C=O) groups excluding carboxylic acids is 2. The minimum Gasteiger partial charge on any atom is -0.389 e. The van der Waals surface area contributed by atoms with Crippen LogP contribution in [0.1, 0.15) is 18.1 Å². The van der Waals surface area contributed by atoms with Crippen molar-refractivity contribution < 1.29 is 9.59 Å². The summed E-state index contributed by atoms with van der Waals surface area (Å²) in [6.45, 7) is 2.37. The molecule has 0 saturated carbocycles. The fraction of sp³-hybridized carbons (Fsp3) is 0.308. The van der Waals surface area contributed by atoms with E-state index in [-0.39, 0.29) is 24.8 Å². The molecule has 102 valence electrons. The van der Waals surface area contributed by atoms with Crippen molar-refractivity contribution in [2.75, 3.05) is 13.1 Å². The number of carbonyl (C=O) groups is 2. The Morgan fingerprint density at radius 3 is 2.32 bits per heavy atom. The summed E-state index contributed by atoms with van der Waals surface area (Å²) in [5, 5.41) is 5.15. The van der Waals surface area contributed by atoms with Crippen LogP contribution in [-0.4, -0.2) is 29.9 Å². The predicted molar refractivity (Wildman–Crippen MR) is 77.7 cm³/mol. The van der Waals surface area contributed by atoms with Crippen LogP contribution in [0.15, 0.2) is 24.3 Å². The van der Waals surface area contributed by atoms with Gasteiger partial charge < -0.3 is 16.4 Å². The molecule has 0 aromatic heterocycles. The summed E-state index contributed by atoms with van der Waals surface area (Å²) < 4.78 is 0. The predicted octanol–water partition coefficient (Wildman–Crippen LogP) is 0.116. The van der Waals surface area contributed by atoms with Crippen molar-refractivity contribution in [2.24, 2.45) is 5.73 Å². The largest absolute Gasteiger partial charge is 0.389 e. The lowest BCUT2D eigenvalue weighted by Crippen LogP contribution is -2.37. The number of rotatable bonds is 6. The monoisotopic (exact) mass is 279 g/mol. The summed E-state index contributed by atoms with van der Waals surface area (Å²) in [6.07, 6.45) is 0.219. The number of amides is 2. The summed E-state index contributed by atoms with van der Waals surface area (Å²) in [6, 6.07) is 7.13. The van der Waals surface area contributed by atoms with Crippen LogP contribution in [0.5, 0.6) is 0 Å². The molecule has 0 unspecified atom stereocenters. The van der Waals surface area contributed by atoms with Crippen LogP contribution in [0, 0.1) is 0 Å². The maximum Gasteiger partial charge on any atom is 0.239 e. The van der Waals surface area contributed by atoms with Crippen molar-refractivity contribution >= 4 is 29.0 Å². The minimum absolute atomic E-state index is 0.00234. The Hall–Kier alpha value is -1.95. The lowest BCUT2D eigenvalue weighted by Gasteiger charge is -2.06. The van der Waals surface area contributed by atoms with Gasteiger partial charge in [0.15, 0.2) is 0 Å². The van der Waals surface area contributed by atoms with Gasteiger partial charge in [0.05, 0.1) is 13.0 Å². The molecule has 0 aliphatic carbocycles. The molecule has 19 heavy (non-hydrogen) atoms. The van der Waals surface area contributed by atoms with Gasteiger partial charge in [-0.25, -0.2) is 0 Å². The first kappa shape index (κ1) is 15.1. The molecule has 0 fully saturated rings. The van der Waals surface area contributed by atoms with Crippen molar-refractivity contribution in [3.63, 3.8) is 0 Å². The van der Waals surface area contributed by atoms with E-state index in [9.17, 15) is 9.59 Å². The first-order chi connectivity index (χ1) is 9.02. The third kappa shape index (κ3) is 5.48. The van der Waals surface area contributed by atoms with Gasteiger partial charge in [0, 0.05) is 12.1 Å². The van der Waals surface area contributed by atoms with E-state index in [2.05, 4.69) is 10.6 Å². The zero-order valence-electron chi connectivity index (χ0n) is 10.7. The van der Waals surface area contributed by atoms with Crippen molar-refractivity contribution in [3.05, 3.63) is 35.4 Å². The molecule has 1 rings (SSSR count). The molecule has 0 bridgehead atoms. The molecule has 1 aromatic carbocycles. The number of nitrogens with one attached hydrogen (secondary N) is 2. The highest BCUT2D eigenvalue weighted by Crippen LogP contribution is 2.05. The third-order valence-corrected chi connectivity index (χ3v) is 2.66. The molecule has 0 aliphatic rings. The second kappa shape index (κ2) is 7.48. The van der Waals surface area contributed by atoms with E-state index in [1.54, 1.807) is 24.3 Å². The van der Waals surface area contributed by atoms with Crippen molar-refractivity contribution in [3.8, 4) is 0 Å². The Kier molecular flexibility index (Phi) is 5.95. The Morgan fingerprint density at radius 1 is 1.16 bits per heavy atom. The maximum absolute atomic E-state index is 11.6. The standard InChI is InChI=1S/C13H17N3O2S/c1-2-15-12(18)8-16-11(17)7-9-3-5-10(6-4-9)13(14)19/h3-6H,2,7-8H2,1H3,(H2,14,19)(H,15,18)(H,16,17). The van der Waals surface area contributed by atoms with Crippen LogP contribution in [0.25, 0.3) is 0 Å². The zero-order chi connectivity index (χ0) is 14.3. The van der Waals surface area contributed by atoms with Crippen LogP contribution < -0.4 is 16.4 Å². The lowest BCUT2D eigenvalue weighted by molar-refractivity contribution is -0.125. The van der Waals surface area contributed by atoms with Gasteiger partial charge in [-0.05, 0) is 12.5 Å². The van der Waals surface area contributed by atoms with E-state index in [1.807, 2.05) is 6.92 Å². The van der Waals surface area contributed by atoms with Crippen molar-refractivity contribution in [2.45, 2.75) is 13.3 Å². The van der Waals surface area contributed by atoms with Crippen molar-refractivity contribution in [1.29, 1.82) is 0 Å². The van der Waals surface area contributed by atoms with E-state index in [1.165, 1.54) is 0 Å². The van der Waals surface area contributed by atoms with Gasteiger partial charge in [0.2, 0.25) is 11.8 Å². The van der Waals surface area contributed by atoms with Gasteiger partial charge >= 0.3 is 0 Å². The maximum atomic E-state index is 11.6. The number of benzene rings is 1. The Labute approximate surface area is 117 Å². The number of likely N-dealkylation sites (N-methyl/N-ethyl adjacent to an activating group) is 1. The molecule has 6 heteroatoms. The van der Waals surface area contributed by atoms with E-state index in [0.717, 1.165) is 11.1 Å². The smallest absolute Gasteiger partial charge is 0.239 e. The van der Waals surface area contributed by atoms with E-state index >= 15 is 0 Å². The topological polar surface area (TPSA) is 84.2 Å². The minimum atomic E-state index is -0.200. The molecule has 1 aromatic rings. The third-order valence-electron chi connectivity index (χ3n) is 2.42. The van der Waals surface area contributed by atoms with Crippen molar-refractivity contribution in [1.82, 2.24) is 10.6 Å². The van der Waals surface area contributed by atoms with Crippen LogP contribution in [0.4, 0.5) is 0 Å². The van der Waals surface area contributed by atoms with E-state index < -0.39 is 0 Å². The summed E-state index contributed by atoms with van der Waals surface area (Å²) >= 11 is 4.84. The highest BCUT2D eigenvalue weighted by atomic mass is 32.1. The zero-order valence-corrected chi connectivity index (χ0v) is 11.5.